The number of nitrogens with two attached hydrogens (primary N) is 1. The first kappa shape index (κ1) is 17.6. The summed E-state index contributed by atoms with van der Waals surface area (Å²) in [5, 5.41) is 2.80. The first-order valence-corrected chi connectivity index (χ1v) is 7.40. The zero-order chi connectivity index (χ0) is 17.7. The van der Waals surface area contributed by atoms with Crippen LogP contribution in [0.4, 0.5) is 5.69 Å². The van der Waals surface area contributed by atoms with Gasteiger partial charge in [0.2, 0.25) is 11.7 Å². The Morgan fingerprint density at radius 3 is 2.00 bits per heavy atom. The maximum Gasteiger partial charge on any atom is 0.248 e. The number of methoxy groups -OCH3 is 3. The molecule has 6 nitrogen and oxygen atoms in total. The van der Waals surface area contributed by atoms with Crippen molar-refractivity contribution in [2.75, 3.05) is 26.6 Å². The summed E-state index contributed by atoms with van der Waals surface area (Å²) in [5.74, 6) is 1.01. The van der Waals surface area contributed by atoms with Crippen LogP contribution < -0.4 is 25.3 Å². The summed E-state index contributed by atoms with van der Waals surface area (Å²) >= 11 is 0. The predicted octanol–water partition coefficient (Wildman–Crippen LogP) is 2.53. The number of carbonyl (C=O) groups excluding carboxylic acids is 1. The van der Waals surface area contributed by atoms with Gasteiger partial charge in [-0.25, -0.2) is 0 Å². The molecule has 0 fully saturated rings. The van der Waals surface area contributed by atoms with Crippen molar-refractivity contribution in [2.45, 2.75) is 12.5 Å². The van der Waals surface area contributed by atoms with Gasteiger partial charge in [0.1, 0.15) is 5.54 Å². The second-order valence-corrected chi connectivity index (χ2v) is 5.44. The van der Waals surface area contributed by atoms with Gasteiger partial charge < -0.3 is 25.3 Å². The zero-order valence-corrected chi connectivity index (χ0v) is 14.3. The largest absolute Gasteiger partial charge is 0.493 e. The topological polar surface area (TPSA) is 82.8 Å². The van der Waals surface area contributed by atoms with Gasteiger partial charge in [-0.1, -0.05) is 30.3 Å². The molecule has 0 aromatic heterocycles. The monoisotopic (exact) mass is 330 g/mol. The van der Waals surface area contributed by atoms with Gasteiger partial charge in [0.05, 0.1) is 21.3 Å². The molecule has 2 aromatic carbocycles. The lowest BCUT2D eigenvalue weighted by molar-refractivity contribution is -0.120. The van der Waals surface area contributed by atoms with Crippen molar-refractivity contribution in [3.8, 4) is 17.2 Å². The summed E-state index contributed by atoms with van der Waals surface area (Å²) in [4.78, 5) is 12.6. The average Bonchev–Trinajstić information content (AvgIpc) is 2.61. The highest BCUT2D eigenvalue weighted by Crippen LogP contribution is 2.40. The fraction of sp³-hybridized carbons (Fsp3) is 0.278. The maximum atomic E-state index is 12.6. The maximum absolute atomic E-state index is 12.6. The van der Waals surface area contributed by atoms with E-state index >= 15 is 0 Å². The first-order valence-electron chi connectivity index (χ1n) is 7.40. The van der Waals surface area contributed by atoms with Crippen molar-refractivity contribution in [3.63, 3.8) is 0 Å². The molecule has 0 bridgehead atoms. The highest BCUT2D eigenvalue weighted by atomic mass is 16.5. The highest BCUT2D eigenvalue weighted by molar-refractivity contribution is 5.98. The second-order valence-electron chi connectivity index (χ2n) is 5.44. The molecular formula is C18H22N2O4. The van der Waals surface area contributed by atoms with Gasteiger partial charge >= 0.3 is 0 Å². The summed E-state index contributed by atoms with van der Waals surface area (Å²) in [6.45, 7) is 1.66. The van der Waals surface area contributed by atoms with Crippen molar-refractivity contribution in [1.82, 2.24) is 0 Å². The van der Waals surface area contributed by atoms with Crippen LogP contribution in [0.15, 0.2) is 42.5 Å². The quantitative estimate of drug-likeness (QED) is 0.850. The third kappa shape index (κ3) is 3.44. The number of hydrogen-bond acceptors (Lipinski definition) is 5. The van der Waals surface area contributed by atoms with Crippen LogP contribution >= 0.6 is 0 Å². The number of nitrogens with one attached hydrogen (secondary N) is 1. The highest BCUT2D eigenvalue weighted by Gasteiger charge is 2.30. The number of carbonyl (C=O) groups is 1. The number of amides is 1. The number of rotatable bonds is 6. The van der Waals surface area contributed by atoms with Gasteiger partial charge in [-0.05, 0) is 12.5 Å². The average molecular weight is 330 g/mol. The SMILES string of the molecule is COc1cc(NC(=O)C(C)(N)c2ccccc2)cc(OC)c1OC. The summed E-state index contributed by atoms with van der Waals surface area (Å²) in [7, 11) is 4.55. The minimum atomic E-state index is -1.18. The van der Waals surface area contributed by atoms with Gasteiger partial charge in [-0.2, -0.15) is 0 Å². The Labute approximate surface area is 141 Å². The zero-order valence-electron chi connectivity index (χ0n) is 14.3. The Hall–Kier alpha value is -2.73. The van der Waals surface area contributed by atoms with Crippen molar-refractivity contribution in [3.05, 3.63) is 48.0 Å². The Kier molecular flexibility index (Phi) is 5.31. The number of hydrogen-bond donors (Lipinski definition) is 2. The van der Waals surface area contributed by atoms with Crippen LogP contribution in [-0.4, -0.2) is 27.2 Å². The van der Waals surface area contributed by atoms with Crippen molar-refractivity contribution < 1.29 is 19.0 Å². The van der Waals surface area contributed by atoms with Crippen molar-refractivity contribution >= 4 is 11.6 Å². The standard InChI is InChI=1S/C18H22N2O4/c1-18(19,12-8-6-5-7-9-12)17(21)20-13-10-14(22-2)16(24-4)15(11-13)23-3/h5-11H,19H2,1-4H3,(H,20,21). The van der Waals surface area contributed by atoms with Crippen LogP contribution in [0.1, 0.15) is 12.5 Å². The van der Waals surface area contributed by atoms with E-state index in [0.29, 0.717) is 22.9 Å². The van der Waals surface area contributed by atoms with E-state index in [1.54, 1.807) is 19.1 Å². The van der Waals surface area contributed by atoms with Gasteiger partial charge in [-0.15, -0.1) is 0 Å². The molecule has 0 aliphatic rings. The lowest BCUT2D eigenvalue weighted by atomic mass is 9.92. The van der Waals surface area contributed by atoms with Crippen LogP contribution in [0.2, 0.25) is 0 Å². The van der Waals surface area contributed by atoms with E-state index in [-0.39, 0.29) is 5.91 Å². The molecule has 0 aliphatic carbocycles. The van der Waals surface area contributed by atoms with Crippen molar-refractivity contribution in [2.24, 2.45) is 5.73 Å². The summed E-state index contributed by atoms with van der Waals surface area (Å²) < 4.78 is 15.8. The minimum Gasteiger partial charge on any atom is -0.493 e. The molecule has 1 amide bonds. The van der Waals surface area contributed by atoms with E-state index in [1.165, 1.54) is 21.3 Å². The van der Waals surface area contributed by atoms with E-state index in [9.17, 15) is 4.79 Å². The second kappa shape index (κ2) is 7.23. The smallest absolute Gasteiger partial charge is 0.248 e. The molecule has 3 N–H and O–H groups in total. The number of anilines is 1. The predicted molar refractivity (Wildman–Crippen MR) is 92.7 cm³/mol. The molecule has 2 aromatic rings. The molecule has 0 aliphatic heterocycles. The molecular weight excluding hydrogens is 308 g/mol. The third-order valence-corrected chi connectivity index (χ3v) is 3.77. The van der Waals surface area contributed by atoms with Crippen LogP contribution in [0, 0.1) is 0 Å². The minimum absolute atomic E-state index is 0.344. The van der Waals surface area contributed by atoms with Gasteiger partial charge in [-0.3, -0.25) is 4.79 Å². The molecule has 0 saturated carbocycles. The Morgan fingerprint density at radius 1 is 1.00 bits per heavy atom. The fourth-order valence-electron chi connectivity index (χ4n) is 2.33. The van der Waals surface area contributed by atoms with Gasteiger partial charge in [0.15, 0.2) is 11.5 Å². The molecule has 0 spiro atoms. The summed E-state index contributed by atoms with van der Waals surface area (Å²) in [5.41, 5.74) is 6.27. The van der Waals surface area contributed by atoms with Crippen molar-refractivity contribution in [1.29, 1.82) is 0 Å². The molecule has 0 radical (unpaired) electrons. The molecule has 2 rings (SSSR count). The fourth-order valence-corrected chi connectivity index (χ4v) is 2.33. The molecule has 0 saturated heterocycles. The van der Waals surface area contributed by atoms with E-state index in [2.05, 4.69) is 5.32 Å². The number of ether oxygens (including phenoxy) is 3. The van der Waals surface area contributed by atoms with Gasteiger partial charge in [0, 0.05) is 17.8 Å². The van der Waals surface area contributed by atoms with Gasteiger partial charge in [0.25, 0.3) is 0 Å². The molecule has 128 valence electrons. The molecule has 1 unspecified atom stereocenters. The van der Waals surface area contributed by atoms with E-state index in [4.69, 9.17) is 19.9 Å². The van der Waals surface area contributed by atoms with Crippen LogP contribution in [0.25, 0.3) is 0 Å². The molecule has 0 heterocycles. The first-order chi connectivity index (χ1) is 11.4. The third-order valence-electron chi connectivity index (χ3n) is 3.77. The Morgan fingerprint density at radius 2 is 1.54 bits per heavy atom. The normalized spacial score (nSPS) is 12.9. The van der Waals surface area contributed by atoms with Crippen LogP contribution in [0.3, 0.4) is 0 Å². The lowest BCUT2D eigenvalue weighted by Gasteiger charge is -2.24. The lowest BCUT2D eigenvalue weighted by Crippen LogP contribution is -2.45. The van der Waals surface area contributed by atoms with E-state index in [0.717, 1.165) is 5.56 Å². The summed E-state index contributed by atoms with van der Waals surface area (Å²) in [6.07, 6.45) is 0. The van der Waals surface area contributed by atoms with Crippen LogP contribution in [0.5, 0.6) is 17.2 Å². The number of benzene rings is 2. The summed E-state index contributed by atoms with van der Waals surface area (Å²) in [6, 6.07) is 12.5. The van der Waals surface area contributed by atoms with E-state index < -0.39 is 5.54 Å². The molecule has 24 heavy (non-hydrogen) atoms. The molecule has 6 heteroatoms. The molecule has 1 atom stereocenters. The Balaban J connectivity index is 2.32. The van der Waals surface area contributed by atoms with Crippen LogP contribution in [-0.2, 0) is 10.3 Å². The van der Waals surface area contributed by atoms with E-state index in [1.807, 2.05) is 30.3 Å². The Bertz CT molecular complexity index is 689.